The van der Waals surface area contributed by atoms with E-state index in [1.54, 1.807) is 30.3 Å². The van der Waals surface area contributed by atoms with Gasteiger partial charge in [-0.25, -0.2) is 4.79 Å². The van der Waals surface area contributed by atoms with E-state index in [2.05, 4.69) is 4.98 Å². The van der Waals surface area contributed by atoms with E-state index in [9.17, 15) is 9.59 Å². The fraction of sp³-hybridized carbons (Fsp3) is 0.208. The van der Waals surface area contributed by atoms with Gasteiger partial charge in [0.15, 0.2) is 0 Å². The SMILES string of the molecule is COC(=O)c1ccc2c(c1)N(Cc1ncc(C)c(OC)c1C)C(=O)c1ccccc1S2. The molecule has 2 heterocycles. The van der Waals surface area contributed by atoms with Crippen LogP contribution in [0.2, 0.25) is 0 Å². The smallest absolute Gasteiger partial charge is 0.337 e. The molecule has 0 fully saturated rings. The van der Waals surface area contributed by atoms with Crippen molar-refractivity contribution in [2.24, 2.45) is 0 Å². The predicted molar refractivity (Wildman–Crippen MR) is 119 cm³/mol. The van der Waals surface area contributed by atoms with Crippen molar-refractivity contribution in [1.82, 2.24) is 4.98 Å². The Labute approximate surface area is 185 Å². The van der Waals surface area contributed by atoms with E-state index in [0.29, 0.717) is 16.8 Å². The van der Waals surface area contributed by atoms with Crippen molar-refractivity contribution in [2.75, 3.05) is 19.1 Å². The molecule has 0 saturated carbocycles. The first-order chi connectivity index (χ1) is 14.9. The topological polar surface area (TPSA) is 68.7 Å². The number of ether oxygens (including phenoxy) is 2. The number of hydrogen-bond donors (Lipinski definition) is 0. The van der Waals surface area contributed by atoms with Crippen LogP contribution in [0.5, 0.6) is 5.75 Å². The maximum Gasteiger partial charge on any atom is 0.337 e. The van der Waals surface area contributed by atoms with Crippen LogP contribution in [0.1, 0.15) is 37.5 Å². The second kappa shape index (κ2) is 8.43. The van der Waals surface area contributed by atoms with Gasteiger partial charge in [-0.2, -0.15) is 0 Å². The number of esters is 1. The summed E-state index contributed by atoms with van der Waals surface area (Å²) >= 11 is 1.50. The van der Waals surface area contributed by atoms with Gasteiger partial charge in [-0.15, -0.1) is 0 Å². The van der Waals surface area contributed by atoms with Gasteiger partial charge in [0.1, 0.15) is 5.75 Å². The van der Waals surface area contributed by atoms with Crippen molar-refractivity contribution >= 4 is 29.3 Å². The van der Waals surface area contributed by atoms with Crippen molar-refractivity contribution < 1.29 is 19.1 Å². The van der Waals surface area contributed by atoms with Crippen LogP contribution in [0.15, 0.2) is 58.5 Å². The number of pyridine rings is 1. The molecule has 0 saturated heterocycles. The Hall–Kier alpha value is -3.32. The summed E-state index contributed by atoms with van der Waals surface area (Å²) in [5.74, 6) is 0.156. The molecule has 0 spiro atoms. The average Bonchev–Trinajstić information content (AvgIpc) is 2.89. The minimum absolute atomic E-state index is 0.149. The van der Waals surface area contributed by atoms with Crippen molar-refractivity contribution in [3.8, 4) is 5.75 Å². The third-order valence-corrected chi connectivity index (χ3v) is 6.45. The summed E-state index contributed by atoms with van der Waals surface area (Å²) in [5.41, 5.74) is 4.19. The van der Waals surface area contributed by atoms with Gasteiger partial charge >= 0.3 is 5.97 Å². The summed E-state index contributed by atoms with van der Waals surface area (Å²) in [6.45, 7) is 4.11. The second-order valence-electron chi connectivity index (χ2n) is 7.21. The van der Waals surface area contributed by atoms with Gasteiger partial charge in [-0.1, -0.05) is 23.9 Å². The van der Waals surface area contributed by atoms with Crippen molar-refractivity contribution in [1.29, 1.82) is 0 Å². The van der Waals surface area contributed by atoms with E-state index < -0.39 is 5.97 Å². The molecule has 4 rings (SSSR count). The fourth-order valence-electron chi connectivity index (χ4n) is 3.70. The standard InChI is InChI=1S/C24H22N2O4S/c1-14-12-25-18(15(2)22(14)29-3)13-26-19-11-16(24(28)30-4)9-10-21(19)31-20-8-6-5-7-17(20)23(26)27/h5-12H,13H2,1-4H3. The maximum atomic E-state index is 13.6. The lowest BCUT2D eigenvalue weighted by Crippen LogP contribution is -2.31. The van der Waals surface area contributed by atoms with Crippen LogP contribution < -0.4 is 9.64 Å². The minimum atomic E-state index is -0.451. The normalized spacial score (nSPS) is 12.6. The third kappa shape index (κ3) is 3.77. The summed E-state index contributed by atoms with van der Waals surface area (Å²) in [7, 11) is 2.97. The first kappa shape index (κ1) is 20.9. The lowest BCUT2D eigenvalue weighted by Gasteiger charge is -2.24. The fourth-order valence-corrected chi connectivity index (χ4v) is 4.76. The van der Waals surface area contributed by atoms with Crippen LogP contribution in [0, 0.1) is 13.8 Å². The molecule has 0 aliphatic carbocycles. The number of nitrogens with zero attached hydrogens (tertiary/aromatic N) is 2. The first-order valence-electron chi connectivity index (χ1n) is 9.74. The average molecular weight is 435 g/mol. The molecular formula is C24H22N2O4S. The Bertz CT molecular complexity index is 1190. The number of methoxy groups -OCH3 is 2. The van der Waals surface area contributed by atoms with E-state index in [-0.39, 0.29) is 12.5 Å². The van der Waals surface area contributed by atoms with E-state index in [1.807, 2.05) is 44.2 Å². The van der Waals surface area contributed by atoms with Crippen LogP contribution in [0.3, 0.4) is 0 Å². The van der Waals surface area contributed by atoms with Gasteiger partial charge in [0.25, 0.3) is 5.91 Å². The van der Waals surface area contributed by atoms with E-state index in [0.717, 1.165) is 32.4 Å². The Morgan fingerprint density at radius 3 is 2.61 bits per heavy atom. The Morgan fingerprint density at radius 1 is 1.10 bits per heavy atom. The Balaban J connectivity index is 1.87. The highest BCUT2D eigenvalue weighted by Gasteiger charge is 2.29. The molecule has 6 nitrogen and oxygen atoms in total. The number of hydrogen-bond acceptors (Lipinski definition) is 6. The zero-order chi connectivity index (χ0) is 22.1. The quantitative estimate of drug-likeness (QED) is 0.549. The molecule has 1 aliphatic heterocycles. The first-order valence-corrected chi connectivity index (χ1v) is 10.6. The lowest BCUT2D eigenvalue weighted by atomic mass is 10.1. The number of aromatic nitrogens is 1. The van der Waals surface area contributed by atoms with E-state index >= 15 is 0 Å². The van der Waals surface area contributed by atoms with E-state index in [1.165, 1.54) is 18.9 Å². The molecule has 2 aromatic carbocycles. The van der Waals surface area contributed by atoms with Crippen molar-refractivity contribution in [3.05, 3.63) is 76.6 Å². The molecule has 158 valence electrons. The molecule has 1 amide bonds. The monoisotopic (exact) mass is 434 g/mol. The van der Waals surface area contributed by atoms with Crippen molar-refractivity contribution in [2.45, 2.75) is 30.2 Å². The molecule has 3 aromatic rings. The largest absolute Gasteiger partial charge is 0.496 e. The van der Waals surface area contributed by atoms with E-state index in [4.69, 9.17) is 9.47 Å². The number of amides is 1. The number of fused-ring (bicyclic) bond motifs is 2. The highest BCUT2D eigenvalue weighted by Crippen LogP contribution is 2.42. The van der Waals surface area contributed by atoms with Gasteiger partial charge in [0.05, 0.1) is 43.3 Å². The maximum absolute atomic E-state index is 13.6. The molecule has 0 unspecified atom stereocenters. The molecule has 0 N–H and O–H groups in total. The number of benzene rings is 2. The minimum Gasteiger partial charge on any atom is -0.496 e. The zero-order valence-corrected chi connectivity index (χ0v) is 18.6. The molecule has 0 radical (unpaired) electrons. The van der Waals surface area contributed by atoms with Crippen LogP contribution >= 0.6 is 11.8 Å². The van der Waals surface area contributed by atoms with Crippen LogP contribution in [0.4, 0.5) is 5.69 Å². The molecule has 1 aromatic heterocycles. The number of rotatable bonds is 4. The van der Waals surface area contributed by atoms with Gasteiger partial charge < -0.3 is 14.4 Å². The van der Waals surface area contributed by atoms with Crippen LogP contribution in [-0.2, 0) is 11.3 Å². The van der Waals surface area contributed by atoms with Gasteiger partial charge in [0.2, 0.25) is 0 Å². The summed E-state index contributed by atoms with van der Waals surface area (Å²) in [4.78, 5) is 33.8. The predicted octanol–water partition coefficient (Wildman–Crippen LogP) is 4.81. The Kier molecular flexibility index (Phi) is 5.69. The van der Waals surface area contributed by atoms with Crippen molar-refractivity contribution in [3.63, 3.8) is 0 Å². The molecule has 0 bridgehead atoms. The number of aryl methyl sites for hydroxylation is 1. The summed E-state index contributed by atoms with van der Waals surface area (Å²) < 4.78 is 10.4. The summed E-state index contributed by atoms with van der Waals surface area (Å²) in [6.07, 6.45) is 1.75. The molecule has 7 heteroatoms. The molecule has 1 aliphatic rings. The number of anilines is 1. The highest BCUT2D eigenvalue weighted by atomic mass is 32.2. The Morgan fingerprint density at radius 2 is 1.87 bits per heavy atom. The summed E-state index contributed by atoms with van der Waals surface area (Å²) in [5, 5.41) is 0. The van der Waals surface area contributed by atoms with Crippen LogP contribution in [-0.4, -0.2) is 31.1 Å². The lowest BCUT2D eigenvalue weighted by molar-refractivity contribution is 0.0600. The summed E-state index contributed by atoms with van der Waals surface area (Å²) in [6, 6.07) is 12.8. The molecule has 0 atom stereocenters. The number of carbonyl (C=O) groups is 2. The van der Waals surface area contributed by atoms with Gasteiger partial charge in [-0.05, 0) is 44.2 Å². The van der Waals surface area contributed by atoms with Gasteiger partial charge in [0, 0.05) is 27.1 Å². The third-order valence-electron chi connectivity index (χ3n) is 5.31. The zero-order valence-electron chi connectivity index (χ0n) is 17.8. The molecular weight excluding hydrogens is 412 g/mol. The van der Waals surface area contributed by atoms with Crippen LogP contribution in [0.25, 0.3) is 0 Å². The highest BCUT2D eigenvalue weighted by molar-refractivity contribution is 7.99. The molecule has 31 heavy (non-hydrogen) atoms. The van der Waals surface area contributed by atoms with Gasteiger partial charge in [-0.3, -0.25) is 9.78 Å². The number of carbonyl (C=O) groups excluding carboxylic acids is 2. The second-order valence-corrected chi connectivity index (χ2v) is 8.29.